The summed E-state index contributed by atoms with van der Waals surface area (Å²) in [5.74, 6) is 0.941. The van der Waals surface area contributed by atoms with Gasteiger partial charge in [0.15, 0.2) is 11.5 Å². The minimum absolute atomic E-state index is 0.272. The summed E-state index contributed by atoms with van der Waals surface area (Å²) in [6.45, 7) is 0.898. The number of ether oxygens (including phenoxy) is 2. The van der Waals surface area contributed by atoms with Crippen LogP contribution in [0.4, 0.5) is 10.1 Å². The summed E-state index contributed by atoms with van der Waals surface area (Å²) < 4.78 is 26.0. The number of hydrogen-bond acceptors (Lipinski definition) is 3. The Kier molecular flexibility index (Phi) is 7.21. The molecule has 0 saturated carbocycles. The predicted molar refractivity (Wildman–Crippen MR) is 118 cm³/mol. The Morgan fingerprint density at radius 2 is 1.71 bits per heavy atom. The van der Waals surface area contributed by atoms with E-state index in [9.17, 15) is 4.39 Å². The van der Waals surface area contributed by atoms with E-state index in [1.54, 1.807) is 19.2 Å². The fraction of sp³-hybridized carbons (Fsp3) is 0.143. The van der Waals surface area contributed by atoms with Crippen LogP contribution in [-0.2, 0) is 13.2 Å². The van der Waals surface area contributed by atoms with Gasteiger partial charge in [0.25, 0.3) is 0 Å². The highest BCUT2D eigenvalue weighted by Crippen LogP contribution is 2.37. The Labute approximate surface area is 185 Å². The van der Waals surface area contributed by atoms with Gasteiger partial charge >= 0.3 is 0 Å². The average Bonchev–Trinajstić information content (AvgIpc) is 2.69. The SMILES string of the molecule is COc1cc(CNc2ccc(Br)c(Cl)c2)cc(Br)c1OCc1ccc(F)cc1. The molecule has 0 fully saturated rings. The largest absolute Gasteiger partial charge is 0.493 e. The normalized spacial score (nSPS) is 10.6. The van der Waals surface area contributed by atoms with Crippen molar-refractivity contribution in [3.05, 3.63) is 85.5 Å². The Morgan fingerprint density at radius 3 is 2.39 bits per heavy atom. The van der Waals surface area contributed by atoms with Crippen LogP contribution in [0.5, 0.6) is 11.5 Å². The molecule has 0 heterocycles. The van der Waals surface area contributed by atoms with E-state index in [0.29, 0.717) is 29.7 Å². The molecule has 0 atom stereocenters. The zero-order valence-electron chi connectivity index (χ0n) is 14.9. The van der Waals surface area contributed by atoms with Crippen LogP contribution >= 0.6 is 43.5 Å². The number of benzene rings is 3. The van der Waals surface area contributed by atoms with Gasteiger partial charge in [-0.25, -0.2) is 4.39 Å². The van der Waals surface area contributed by atoms with Crippen molar-refractivity contribution < 1.29 is 13.9 Å². The van der Waals surface area contributed by atoms with E-state index in [1.807, 2.05) is 30.3 Å². The van der Waals surface area contributed by atoms with E-state index >= 15 is 0 Å². The Morgan fingerprint density at radius 1 is 0.964 bits per heavy atom. The molecule has 28 heavy (non-hydrogen) atoms. The smallest absolute Gasteiger partial charge is 0.175 e. The number of nitrogens with one attached hydrogen (secondary N) is 1. The standard InChI is InChI=1S/C21H17Br2ClFNO2/c1-27-20-9-14(11-26-16-6-7-17(22)19(24)10-16)8-18(23)21(20)28-12-13-2-4-15(25)5-3-13/h2-10,26H,11-12H2,1H3. The quantitative estimate of drug-likeness (QED) is 0.351. The molecule has 0 amide bonds. The molecule has 146 valence electrons. The number of methoxy groups -OCH3 is 1. The van der Waals surface area contributed by atoms with Gasteiger partial charge in [-0.15, -0.1) is 0 Å². The molecule has 7 heteroatoms. The highest BCUT2D eigenvalue weighted by molar-refractivity contribution is 9.10. The van der Waals surface area contributed by atoms with Crippen molar-refractivity contribution in [1.82, 2.24) is 0 Å². The molecule has 0 aromatic heterocycles. The zero-order chi connectivity index (χ0) is 20.1. The molecule has 1 N–H and O–H groups in total. The van der Waals surface area contributed by atoms with Crippen molar-refractivity contribution >= 4 is 49.1 Å². The van der Waals surface area contributed by atoms with Crippen LogP contribution in [0, 0.1) is 5.82 Å². The molecule has 3 rings (SSSR count). The molecule has 3 nitrogen and oxygen atoms in total. The van der Waals surface area contributed by atoms with Gasteiger partial charge in [-0.2, -0.15) is 0 Å². The van der Waals surface area contributed by atoms with E-state index in [0.717, 1.165) is 25.8 Å². The second-order valence-electron chi connectivity index (χ2n) is 6.01. The topological polar surface area (TPSA) is 30.5 Å². The predicted octanol–water partition coefficient (Wildman–Crippen LogP) is 7.20. The second-order valence-corrected chi connectivity index (χ2v) is 8.12. The van der Waals surface area contributed by atoms with Gasteiger partial charge < -0.3 is 14.8 Å². The molecule has 0 aliphatic rings. The lowest BCUT2D eigenvalue weighted by Gasteiger charge is -2.15. The first-order valence-electron chi connectivity index (χ1n) is 8.39. The number of hydrogen-bond donors (Lipinski definition) is 1. The summed E-state index contributed by atoms with van der Waals surface area (Å²) in [5, 5.41) is 3.98. The van der Waals surface area contributed by atoms with Gasteiger partial charge in [-0.05, 0) is 85.5 Å². The van der Waals surface area contributed by atoms with Gasteiger partial charge in [0.2, 0.25) is 0 Å². The lowest BCUT2D eigenvalue weighted by molar-refractivity contribution is 0.282. The van der Waals surface area contributed by atoms with Crippen LogP contribution in [0.25, 0.3) is 0 Å². The summed E-state index contributed by atoms with van der Waals surface area (Å²) in [6, 6.07) is 15.8. The maximum Gasteiger partial charge on any atom is 0.175 e. The zero-order valence-corrected chi connectivity index (χ0v) is 18.9. The lowest BCUT2D eigenvalue weighted by atomic mass is 10.2. The fourth-order valence-corrected chi connectivity index (χ4v) is 3.59. The van der Waals surface area contributed by atoms with Crippen molar-refractivity contribution in [3.8, 4) is 11.5 Å². The summed E-state index contributed by atoms with van der Waals surface area (Å²) in [7, 11) is 1.60. The van der Waals surface area contributed by atoms with Crippen molar-refractivity contribution in [1.29, 1.82) is 0 Å². The van der Waals surface area contributed by atoms with Crippen LogP contribution in [0.3, 0.4) is 0 Å². The van der Waals surface area contributed by atoms with E-state index in [1.165, 1.54) is 12.1 Å². The highest BCUT2D eigenvalue weighted by atomic mass is 79.9. The van der Waals surface area contributed by atoms with Gasteiger partial charge in [-0.1, -0.05) is 23.7 Å². The van der Waals surface area contributed by atoms with Crippen molar-refractivity contribution in [3.63, 3.8) is 0 Å². The van der Waals surface area contributed by atoms with Gasteiger partial charge in [-0.3, -0.25) is 0 Å². The van der Waals surface area contributed by atoms with Crippen molar-refractivity contribution in [2.24, 2.45) is 0 Å². The Balaban J connectivity index is 1.71. The highest BCUT2D eigenvalue weighted by Gasteiger charge is 2.12. The molecule has 0 spiro atoms. The van der Waals surface area contributed by atoms with Crippen LogP contribution in [-0.4, -0.2) is 7.11 Å². The first-order chi connectivity index (χ1) is 13.5. The summed E-state index contributed by atoms with van der Waals surface area (Å²) in [5.41, 5.74) is 2.80. The molecule has 3 aromatic rings. The summed E-state index contributed by atoms with van der Waals surface area (Å²) in [4.78, 5) is 0. The second kappa shape index (κ2) is 9.63. The van der Waals surface area contributed by atoms with Crippen LogP contribution in [0.15, 0.2) is 63.5 Å². The van der Waals surface area contributed by atoms with Crippen LogP contribution in [0.1, 0.15) is 11.1 Å². The molecular formula is C21H17Br2ClFNO2. The third-order valence-corrected chi connectivity index (χ3v) is 5.82. The maximum atomic E-state index is 13.0. The van der Waals surface area contributed by atoms with E-state index in [-0.39, 0.29) is 5.82 Å². The monoisotopic (exact) mass is 527 g/mol. The first kappa shape index (κ1) is 21.0. The molecule has 0 radical (unpaired) electrons. The summed E-state index contributed by atoms with van der Waals surface area (Å²) in [6.07, 6.45) is 0. The van der Waals surface area contributed by atoms with Crippen molar-refractivity contribution in [2.75, 3.05) is 12.4 Å². The maximum absolute atomic E-state index is 13.0. The first-order valence-corrected chi connectivity index (χ1v) is 10.3. The third-order valence-electron chi connectivity index (χ3n) is 4.00. The lowest BCUT2D eigenvalue weighted by Crippen LogP contribution is -2.03. The average molecular weight is 530 g/mol. The summed E-state index contributed by atoms with van der Waals surface area (Å²) >= 11 is 13.1. The van der Waals surface area contributed by atoms with Gasteiger partial charge in [0.1, 0.15) is 12.4 Å². The number of halogens is 4. The molecule has 0 aliphatic carbocycles. The number of anilines is 1. The molecular weight excluding hydrogens is 512 g/mol. The molecule has 0 saturated heterocycles. The van der Waals surface area contributed by atoms with Gasteiger partial charge in [0.05, 0.1) is 16.6 Å². The third kappa shape index (κ3) is 5.40. The Bertz CT molecular complexity index is 967. The minimum atomic E-state index is -0.272. The molecule has 0 aliphatic heterocycles. The van der Waals surface area contributed by atoms with Crippen LogP contribution < -0.4 is 14.8 Å². The van der Waals surface area contributed by atoms with E-state index < -0.39 is 0 Å². The molecule has 0 bridgehead atoms. The van der Waals surface area contributed by atoms with E-state index in [4.69, 9.17) is 21.1 Å². The van der Waals surface area contributed by atoms with Gasteiger partial charge in [0, 0.05) is 16.7 Å². The minimum Gasteiger partial charge on any atom is -0.493 e. The molecule has 0 unspecified atom stereocenters. The Hall–Kier alpha value is -1.76. The fourth-order valence-electron chi connectivity index (χ4n) is 2.56. The number of rotatable bonds is 7. The van der Waals surface area contributed by atoms with Crippen molar-refractivity contribution in [2.45, 2.75) is 13.2 Å². The van der Waals surface area contributed by atoms with Crippen LogP contribution in [0.2, 0.25) is 5.02 Å². The molecule has 3 aromatic carbocycles. The van der Waals surface area contributed by atoms with E-state index in [2.05, 4.69) is 37.2 Å².